The quantitative estimate of drug-likeness (QED) is 0.333. The Kier molecular flexibility index (Phi) is 7.21. The Bertz CT molecular complexity index is 1670. The number of hydrogen-bond acceptors (Lipinski definition) is 8. The largest absolute Gasteiger partial charge is 0.371 e. The van der Waals surface area contributed by atoms with Crippen LogP contribution in [0.1, 0.15) is 45.6 Å². The molecule has 5 heterocycles. The van der Waals surface area contributed by atoms with E-state index in [1.54, 1.807) is 16.8 Å². The zero-order chi connectivity index (χ0) is 28.6. The van der Waals surface area contributed by atoms with Crippen LogP contribution in [0.15, 0.2) is 64.8 Å². The van der Waals surface area contributed by atoms with E-state index in [2.05, 4.69) is 44.3 Å². The van der Waals surface area contributed by atoms with Gasteiger partial charge in [-0.2, -0.15) is 4.98 Å². The van der Waals surface area contributed by atoms with Gasteiger partial charge in [0.2, 0.25) is 5.95 Å². The van der Waals surface area contributed by atoms with Gasteiger partial charge in [-0.05, 0) is 88.4 Å². The van der Waals surface area contributed by atoms with Crippen molar-refractivity contribution in [3.63, 3.8) is 0 Å². The fourth-order valence-corrected chi connectivity index (χ4v) is 6.09. The van der Waals surface area contributed by atoms with E-state index in [1.165, 1.54) is 53.0 Å². The molecule has 3 aromatic heterocycles. The molecule has 6 rings (SSSR count). The highest BCUT2D eigenvalue weighted by Crippen LogP contribution is 2.40. The number of nitrogens with zero attached hydrogens (tertiary/aromatic N) is 7. The van der Waals surface area contributed by atoms with Crippen LogP contribution < -0.4 is 26.7 Å². The lowest BCUT2D eigenvalue weighted by Gasteiger charge is -2.45. The second kappa shape index (κ2) is 11.0. The molecule has 0 bridgehead atoms. The molecule has 0 atom stereocenters. The van der Waals surface area contributed by atoms with E-state index >= 15 is 0 Å². The van der Waals surface area contributed by atoms with Gasteiger partial charge in [0.1, 0.15) is 5.39 Å². The second-order valence-corrected chi connectivity index (χ2v) is 11.4. The van der Waals surface area contributed by atoms with Gasteiger partial charge in [0.05, 0.1) is 12.6 Å². The molecule has 0 saturated carbocycles. The first-order valence-corrected chi connectivity index (χ1v) is 14.4. The molecule has 1 spiro atoms. The molecule has 2 aliphatic rings. The fourth-order valence-electron chi connectivity index (χ4n) is 6.09. The number of aromatic nitrogens is 6. The molecule has 11 heteroatoms. The molecular formula is C30H37N9O2. The average Bonchev–Trinajstić information content (AvgIpc) is 3.25. The summed E-state index contributed by atoms with van der Waals surface area (Å²) in [6, 6.07) is 11.2. The molecule has 41 heavy (non-hydrogen) atoms. The van der Waals surface area contributed by atoms with Gasteiger partial charge in [0, 0.05) is 36.7 Å². The Hall–Kier alpha value is -4.25. The van der Waals surface area contributed by atoms with Gasteiger partial charge >= 0.3 is 0 Å². The van der Waals surface area contributed by atoms with Crippen LogP contribution in [0.4, 0.5) is 17.3 Å². The lowest BCUT2D eigenvalue weighted by atomic mass is 9.71. The molecule has 2 saturated heterocycles. The molecule has 4 aromatic rings. The third-order valence-electron chi connectivity index (χ3n) is 8.47. The zero-order valence-electron chi connectivity index (χ0n) is 23.7. The summed E-state index contributed by atoms with van der Waals surface area (Å²) < 4.78 is 4.51. The maximum absolute atomic E-state index is 13.2. The second-order valence-electron chi connectivity index (χ2n) is 11.4. The van der Waals surface area contributed by atoms with Crippen LogP contribution in [0.5, 0.6) is 0 Å². The first kappa shape index (κ1) is 26.9. The number of anilines is 3. The van der Waals surface area contributed by atoms with Gasteiger partial charge in [-0.25, -0.2) is 19.0 Å². The predicted molar refractivity (Wildman–Crippen MR) is 161 cm³/mol. The summed E-state index contributed by atoms with van der Waals surface area (Å²) in [4.78, 5) is 37.2. The van der Waals surface area contributed by atoms with E-state index in [1.807, 2.05) is 26.0 Å². The molecule has 2 fully saturated rings. The molecule has 0 aliphatic carbocycles. The van der Waals surface area contributed by atoms with Crippen molar-refractivity contribution in [3.05, 3.63) is 76.0 Å². The molecule has 2 N–H and O–H groups in total. The summed E-state index contributed by atoms with van der Waals surface area (Å²) >= 11 is 0. The van der Waals surface area contributed by atoms with Crippen molar-refractivity contribution in [1.82, 2.24) is 34.4 Å². The van der Waals surface area contributed by atoms with Gasteiger partial charge in [0.25, 0.3) is 11.1 Å². The first-order chi connectivity index (χ1) is 19.9. The molecule has 214 valence electrons. The minimum Gasteiger partial charge on any atom is -0.371 e. The molecule has 0 radical (unpaired) electrons. The third-order valence-corrected chi connectivity index (χ3v) is 8.47. The number of hydrogen-bond donors (Lipinski definition) is 2. The summed E-state index contributed by atoms with van der Waals surface area (Å²) in [6.45, 7) is 12.3. The highest BCUT2D eigenvalue weighted by atomic mass is 16.1. The molecule has 0 amide bonds. The Labute approximate surface area is 238 Å². The van der Waals surface area contributed by atoms with Gasteiger partial charge in [0.15, 0.2) is 11.5 Å². The Morgan fingerprint density at radius 3 is 2.46 bits per heavy atom. The lowest BCUT2D eigenvalue weighted by Crippen LogP contribution is -2.45. The van der Waals surface area contributed by atoms with E-state index in [4.69, 9.17) is 4.98 Å². The fraction of sp³-hybridized carbons (Fsp3) is 0.433. The molecule has 2 aliphatic heterocycles. The number of allylic oxidation sites excluding steroid dienone is 1. The van der Waals surface area contributed by atoms with Gasteiger partial charge in [-0.1, -0.05) is 6.08 Å². The number of rotatable bonds is 7. The van der Waals surface area contributed by atoms with E-state index in [0.717, 1.165) is 31.9 Å². The summed E-state index contributed by atoms with van der Waals surface area (Å²) in [5.41, 5.74) is 2.52. The average molecular weight is 556 g/mol. The molecule has 1 aromatic carbocycles. The van der Waals surface area contributed by atoms with E-state index in [0.29, 0.717) is 28.2 Å². The van der Waals surface area contributed by atoms with Crippen molar-refractivity contribution in [2.45, 2.75) is 52.1 Å². The van der Waals surface area contributed by atoms with Crippen molar-refractivity contribution in [1.29, 1.82) is 0 Å². The van der Waals surface area contributed by atoms with E-state index in [9.17, 15) is 9.59 Å². The standard InChI is InChI=1S/C30H37N9O2/c1-4-17-37-28(41)24-20-32-29(34-27(24)39(37)25-9-10-26(40)38(35-25)21(2)3)33-22-5-7-23(8-6-22)36-18-13-30(14-19-36)11-15-31-16-12-30/h4-10,20-21,31H,1,11-19H2,2-3H3,(H,32,33,34). The van der Waals surface area contributed by atoms with Crippen LogP contribution in [-0.2, 0) is 6.54 Å². The highest BCUT2D eigenvalue weighted by Gasteiger charge is 2.35. The van der Waals surface area contributed by atoms with Crippen LogP contribution in [0.3, 0.4) is 0 Å². The lowest BCUT2D eigenvalue weighted by molar-refractivity contribution is 0.155. The van der Waals surface area contributed by atoms with Crippen LogP contribution in [0, 0.1) is 5.41 Å². The third kappa shape index (κ3) is 5.17. The molecule has 11 nitrogen and oxygen atoms in total. The highest BCUT2D eigenvalue weighted by molar-refractivity contribution is 5.77. The van der Waals surface area contributed by atoms with Crippen LogP contribution >= 0.6 is 0 Å². The Morgan fingerprint density at radius 2 is 1.78 bits per heavy atom. The minimum absolute atomic E-state index is 0.144. The summed E-state index contributed by atoms with van der Waals surface area (Å²) in [7, 11) is 0. The maximum Gasteiger partial charge on any atom is 0.278 e. The predicted octanol–water partition coefficient (Wildman–Crippen LogP) is 3.62. The van der Waals surface area contributed by atoms with Gasteiger partial charge in [-0.15, -0.1) is 11.7 Å². The topological polar surface area (TPSA) is 115 Å². The van der Waals surface area contributed by atoms with Gasteiger partial charge in [-0.3, -0.25) is 9.59 Å². The van der Waals surface area contributed by atoms with Crippen LogP contribution in [0.25, 0.3) is 16.9 Å². The molecular weight excluding hydrogens is 518 g/mol. The summed E-state index contributed by atoms with van der Waals surface area (Å²) in [6.07, 6.45) is 8.24. The summed E-state index contributed by atoms with van der Waals surface area (Å²) in [5, 5.41) is 11.7. The zero-order valence-corrected chi connectivity index (χ0v) is 23.7. The molecule has 0 unspecified atom stereocenters. The smallest absolute Gasteiger partial charge is 0.278 e. The monoisotopic (exact) mass is 555 g/mol. The van der Waals surface area contributed by atoms with Crippen LogP contribution in [-0.4, -0.2) is 55.3 Å². The normalized spacial score (nSPS) is 16.9. The number of benzene rings is 1. The van der Waals surface area contributed by atoms with Gasteiger partial charge < -0.3 is 15.5 Å². The SMILES string of the molecule is C=CCn1c(=O)c2cnc(Nc3ccc(N4CCC5(CCNCC5)CC4)cc3)nc2n1-c1ccc(=O)n(C(C)C)n1. The minimum atomic E-state index is -0.257. The Balaban J connectivity index is 1.26. The Morgan fingerprint density at radius 1 is 1.05 bits per heavy atom. The van der Waals surface area contributed by atoms with Crippen LogP contribution in [0.2, 0.25) is 0 Å². The van der Waals surface area contributed by atoms with E-state index < -0.39 is 0 Å². The van der Waals surface area contributed by atoms with E-state index in [-0.39, 0.29) is 23.7 Å². The van der Waals surface area contributed by atoms with Crippen molar-refractivity contribution >= 4 is 28.4 Å². The van der Waals surface area contributed by atoms with Crippen molar-refractivity contribution < 1.29 is 0 Å². The van der Waals surface area contributed by atoms with Crippen molar-refractivity contribution in [2.24, 2.45) is 5.41 Å². The summed E-state index contributed by atoms with van der Waals surface area (Å²) in [5.74, 6) is 0.770. The number of piperidine rings is 2. The number of fused-ring (bicyclic) bond motifs is 1. The maximum atomic E-state index is 13.2. The first-order valence-electron chi connectivity index (χ1n) is 14.4. The van der Waals surface area contributed by atoms with Crippen molar-refractivity contribution in [3.8, 4) is 5.82 Å². The van der Waals surface area contributed by atoms with Crippen molar-refractivity contribution in [2.75, 3.05) is 36.4 Å². The number of nitrogens with one attached hydrogen (secondary N) is 2.